The molecule has 6 nitrogen and oxygen atoms in total. The van der Waals surface area contributed by atoms with Crippen molar-refractivity contribution in [1.29, 1.82) is 0 Å². The van der Waals surface area contributed by atoms with Gasteiger partial charge in [0, 0.05) is 31.9 Å². The Morgan fingerprint density at radius 1 is 1.43 bits per heavy atom. The minimum absolute atomic E-state index is 0.00362. The summed E-state index contributed by atoms with van der Waals surface area (Å²) in [5.41, 5.74) is 0. The van der Waals surface area contributed by atoms with Gasteiger partial charge in [-0.3, -0.25) is 0 Å². The van der Waals surface area contributed by atoms with Crippen LogP contribution in [0, 0.1) is 0 Å². The zero-order valence-corrected chi connectivity index (χ0v) is 13.1. The van der Waals surface area contributed by atoms with Gasteiger partial charge in [0.2, 0.25) is 10.0 Å². The molecule has 7 heteroatoms. The average molecular weight is 313 g/mol. The highest BCUT2D eigenvalue weighted by molar-refractivity contribution is 7.89. The van der Waals surface area contributed by atoms with Gasteiger partial charge in [-0.2, -0.15) is 4.31 Å². The van der Waals surface area contributed by atoms with Crippen LogP contribution in [-0.4, -0.2) is 48.6 Å². The number of rotatable bonds is 8. The molecule has 1 aromatic rings. The first-order valence-electron chi connectivity index (χ1n) is 7.42. The second-order valence-corrected chi connectivity index (χ2v) is 7.08. The van der Waals surface area contributed by atoms with Crippen LogP contribution in [0.5, 0.6) is 0 Å². The Bertz CT molecular complexity index is 541. The van der Waals surface area contributed by atoms with Crippen molar-refractivity contribution in [3.63, 3.8) is 0 Å². The van der Waals surface area contributed by atoms with E-state index in [4.69, 9.17) is 5.11 Å². The van der Waals surface area contributed by atoms with Gasteiger partial charge in [0.05, 0.1) is 0 Å². The van der Waals surface area contributed by atoms with Gasteiger partial charge in [-0.25, -0.2) is 13.4 Å². The first kappa shape index (κ1) is 16.2. The van der Waals surface area contributed by atoms with Crippen LogP contribution in [0.4, 0.5) is 5.82 Å². The molecule has 0 aromatic carbocycles. The van der Waals surface area contributed by atoms with Gasteiger partial charge in [-0.05, 0) is 38.3 Å². The lowest BCUT2D eigenvalue weighted by Gasteiger charge is -2.36. The zero-order chi connectivity index (χ0) is 15.3. The summed E-state index contributed by atoms with van der Waals surface area (Å²) in [7, 11) is -3.53. The van der Waals surface area contributed by atoms with Crippen molar-refractivity contribution in [3.8, 4) is 0 Å². The molecule has 0 aliphatic heterocycles. The molecular formula is C14H23N3O3S. The van der Waals surface area contributed by atoms with E-state index in [1.165, 1.54) is 10.5 Å². The molecule has 1 fully saturated rings. The maximum Gasteiger partial charge on any atom is 0.244 e. The second-order valence-electron chi connectivity index (χ2n) is 5.19. The number of aliphatic hydroxyl groups excluding tert-OH is 1. The Kier molecular flexibility index (Phi) is 5.55. The normalized spacial score (nSPS) is 16.0. The van der Waals surface area contributed by atoms with Crippen LogP contribution in [0.2, 0.25) is 0 Å². The molecule has 2 N–H and O–H groups in total. The smallest absolute Gasteiger partial charge is 0.244 e. The largest absolute Gasteiger partial charge is 0.396 e. The number of nitrogens with zero attached hydrogens (tertiary/aromatic N) is 2. The number of anilines is 1. The molecule has 1 aromatic heterocycles. The first-order chi connectivity index (χ1) is 10.1. The van der Waals surface area contributed by atoms with Gasteiger partial charge >= 0.3 is 0 Å². The number of hydrogen-bond donors (Lipinski definition) is 2. The highest BCUT2D eigenvalue weighted by Crippen LogP contribution is 2.30. The third-order valence-corrected chi connectivity index (χ3v) is 5.65. The van der Waals surface area contributed by atoms with Crippen LogP contribution < -0.4 is 5.32 Å². The molecule has 0 atom stereocenters. The van der Waals surface area contributed by atoms with E-state index >= 15 is 0 Å². The van der Waals surface area contributed by atoms with Crippen molar-refractivity contribution in [2.75, 3.05) is 25.0 Å². The Balaban J connectivity index is 2.20. The molecule has 2 rings (SSSR count). The summed E-state index contributed by atoms with van der Waals surface area (Å²) in [6.45, 7) is 3.05. The van der Waals surface area contributed by atoms with E-state index in [1.807, 2.05) is 6.92 Å². The van der Waals surface area contributed by atoms with E-state index < -0.39 is 10.0 Å². The highest BCUT2D eigenvalue weighted by Gasteiger charge is 2.34. The minimum atomic E-state index is -3.53. The lowest BCUT2D eigenvalue weighted by molar-refractivity contribution is 0.198. The fourth-order valence-electron chi connectivity index (χ4n) is 2.35. The van der Waals surface area contributed by atoms with Crippen molar-refractivity contribution in [2.24, 2.45) is 0 Å². The van der Waals surface area contributed by atoms with Crippen LogP contribution in [0.3, 0.4) is 0 Å². The summed E-state index contributed by atoms with van der Waals surface area (Å²) in [6, 6.07) is 3.33. The average Bonchev–Trinajstić information content (AvgIpc) is 2.42. The first-order valence-corrected chi connectivity index (χ1v) is 8.86. The molecule has 118 valence electrons. The standard InChI is InChI=1S/C14H23N3O3S/c1-2-15-14-8-7-13(11-16-14)21(19,20)17(9-4-10-18)12-5-3-6-12/h7-8,11-12,18H,2-6,9-10H2,1H3,(H,15,16). The number of nitrogens with one attached hydrogen (secondary N) is 1. The molecule has 0 saturated heterocycles. The Labute approximate surface area is 126 Å². The summed E-state index contributed by atoms with van der Waals surface area (Å²) >= 11 is 0. The number of aromatic nitrogens is 1. The lowest BCUT2D eigenvalue weighted by atomic mass is 9.93. The van der Waals surface area contributed by atoms with E-state index in [0.717, 1.165) is 25.8 Å². The molecule has 0 spiro atoms. The molecular weight excluding hydrogens is 290 g/mol. The van der Waals surface area contributed by atoms with Gasteiger partial charge in [0.25, 0.3) is 0 Å². The van der Waals surface area contributed by atoms with Gasteiger partial charge in [-0.1, -0.05) is 6.42 Å². The van der Waals surface area contributed by atoms with Crippen molar-refractivity contribution in [2.45, 2.75) is 43.5 Å². The van der Waals surface area contributed by atoms with Crippen LogP contribution >= 0.6 is 0 Å². The van der Waals surface area contributed by atoms with Crippen molar-refractivity contribution >= 4 is 15.8 Å². The number of sulfonamides is 1. The summed E-state index contributed by atoms with van der Waals surface area (Å²) in [4.78, 5) is 4.35. The SMILES string of the molecule is CCNc1ccc(S(=O)(=O)N(CCCO)C2CCC2)cn1. The molecule has 1 aliphatic rings. The van der Waals surface area contributed by atoms with Crippen LogP contribution in [-0.2, 0) is 10.0 Å². The summed E-state index contributed by atoms with van der Waals surface area (Å²) in [5.74, 6) is 0.669. The quantitative estimate of drug-likeness (QED) is 0.759. The predicted octanol–water partition coefficient (Wildman–Crippen LogP) is 1.44. The zero-order valence-electron chi connectivity index (χ0n) is 12.3. The fraction of sp³-hybridized carbons (Fsp3) is 0.643. The Hall–Kier alpha value is -1.18. The van der Waals surface area contributed by atoms with Crippen LogP contribution in [0.15, 0.2) is 23.2 Å². The van der Waals surface area contributed by atoms with E-state index in [-0.39, 0.29) is 17.5 Å². The maximum atomic E-state index is 12.7. The molecule has 1 heterocycles. The minimum Gasteiger partial charge on any atom is -0.396 e. The maximum absolute atomic E-state index is 12.7. The summed E-state index contributed by atoms with van der Waals surface area (Å²) in [5, 5.41) is 12.0. The Morgan fingerprint density at radius 3 is 2.67 bits per heavy atom. The highest BCUT2D eigenvalue weighted by atomic mass is 32.2. The van der Waals surface area contributed by atoms with Crippen LogP contribution in [0.25, 0.3) is 0 Å². The number of hydrogen-bond acceptors (Lipinski definition) is 5. The van der Waals surface area contributed by atoms with E-state index in [2.05, 4.69) is 10.3 Å². The summed E-state index contributed by atoms with van der Waals surface area (Å²) < 4.78 is 27.0. The van der Waals surface area contributed by atoms with Gasteiger partial charge in [0.1, 0.15) is 10.7 Å². The lowest BCUT2D eigenvalue weighted by Crippen LogP contribution is -2.44. The summed E-state index contributed by atoms with van der Waals surface area (Å²) in [6.07, 6.45) is 4.71. The van der Waals surface area contributed by atoms with Gasteiger partial charge < -0.3 is 10.4 Å². The van der Waals surface area contributed by atoms with E-state index in [1.54, 1.807) is 12.1 Å². The number of pyridine rings is 1. The molecule has 21 heavy (non-hydrogen) atoms. The molecule has 1 aliphatic carbocycles. The van der Waals surface area contributed by atoms with Crippen LogP contribution in [0.1, 0.15) is 32.6 Å². The molecule has 1 saturated carbocycles. The third kappa shape index (κ3) is 3.72. The third-order valence-electron chi connectivity index (χ3n) is 3.72. The van der Waals surface area contributed by atoms with E-state index in [9.17, 15) is 8.42 Å². The van der Waals surface area contributed by atoms with Crippen molar-refractivity contribution in [3.05, 3.63) is 18.3 Å². The number of aliphatic hydroxyl groups is 1. The monoisotopic (exact) mass is 313 g/mol. The van der Waals surface area contributed by atoms with Crippen molar-refractivity contribution < 1.29 is 13.5 Å². The molecule has 0 bridgehead atoms. The van der Waals surface area contributed by atoms with Gasteiger partial charge in [0.15, 0.2) is 0 Å². The van der Waals surface area contributed by atoms with E-state index in [0.29, 0.717) is 18.8 Å². The Morgan fingerprint density at radius 2 is 2.19 bits per heavy atom. The van der Waals surface area contributed by atoms with Gasteiger partial charge in [-0.15, -0.1) is 0 Å². The molecule has 0 unspecified atom stereocenters. The predicted molar refractivity (Wildman–Crippen MR) is 81.6 cm³/mol. The molecule has 0 radical (unpaired) electrons. The molecule has 0 amide bonds. The fourth-order valence-corrected chi connectivity index (χ4v) is 4.02. The second kappa shape index (κ2) is 7.20. The topological polar surface area (TPSA) is 82.5 Å². The van der Waals surface area contributed by atoms with Crippen molar-refractivity contribution in [1.82, 2.24) is 9.29 Å².